The van der Waals surface area contributed by atoms with E-state index in [9.17, 15) is 4.79 Å². The molecule has 1 aromatic carbocycles. The standard InChI is InChI=1S/C21H25ClN6O2/c1-5-7-8-17-13(3)23-21(24-19(17)30-6-2)28-20(29)18(14(4)27-28)26-25-16-11-9-15(22)10-12-16/h9-12,27H,5-8H2,1-4H3. The molecule has 0 aliphatic carbocycles. The third kappa shape index (κ3) is 4.76. The second-order valence-corrected chi connectivity index (χ2v) is 7.27. The summed E-state index contributed by atoms with van der Waals surface area (Å²) in [6.45, 7) is 8.17. The van der Waals surface area contributed by atoms with E-state index in [0.717, 1.165) is 30.5 Å². The maximum atomic E-state index is 12.9. The minimum atomic E-state index is -0.381. The van der Waals surface area contributed by atoms with Crippen LogP contribution >= 0.6 is 11.6 Å². The van der Waals surface area contributed by atoms with Crippen molar-refractivity contribution >= 4 is 23.0 Å². The van der Waals surface area contributed by atoms with Gasteiger partial charge in [-0.2, -0.15) is 14.8 Å². The van der Waals surface area contributed by atoms with Gasteiger partial charge in [-0.15, -0.1) is 5.11 Å². The predicted octanol–water partition coefficient (Wildman–Crippen LogP) is 5.38. The largest absolute Gasteiger partial charge is 0.478 e. The number of rotatable bonds is 8. The topological polar surface area (TPSA) is 97.5 Å². The van der Waals surface area contributed by atoms with E-state index in [1.54, 1.807) is 31.2 Å². The van der Waals surface area contributed by atoms with Crippen molar-refractivity contribution in [2.45, 2.75) is 47.0 Å². The molecule has 0 bridgehead atoms. The van der Waals surface area contributed by atoms with Gasteiger partial charge in [0.05, 0.1) is 18.0 Å². The first-order chi connectivity index (χ1) is 14.4. The highest BCUT2D eigenvalue weighted by molar-refractivity contribution is 6.30. The smallest absolute Gasteiger partial charge is 0.301 e. The van der Waals surface area contributed by atoms with Crippen molar-refractivity contribution in [3.63, 3.8) is 0 Å². The summed E-state index contributed by atoms with van der Waals surface area (Å²) >= 11 is 5.88. The monoisotopic (exact) mass is 428 g/mol. The normalized spacial score (nSPS) is 11.4. The van der Waals surface area contributed by atoms with Crippen molar-refractivity contribution in [2.24, 2.45) is 10.2 Å². The zero-order chi connectivity index (χ0) is 21.7. The maximum Gasteiger partial charge on any atom is 0.301 e. The highest BCUT2D eigenvalue weighted by Crippen LogP contribution is 2.24. The average Bonchev–Trinajstić information content (AvgIpc) is 3.01. The Morgan fingerprint density at radius 2 is 1.87 bits per heavy atom. The molecule has 2 heterocycles. The number of aryl methyl sites for hydroxylation is 2. The minimum absolute atomic E-state index is 0.194. The SMILES string of the molecule is CCCCc1c(C)nc(-n2[nH]c(C)c(N=Nc3ccc(Cl)cc3)c2=O)nc1OCC. The molecular formula is C21H25ClN6O2. The van der Waals surface area contributed by atoms with Gasteiger partial charge in [0.15, 0.2) is 5.69 Å². The number of halogens is 1. The summed E-state index contributed by atoms with van der Waals surface area (Å²) in [7, 11) is 0. The molecule has 0 saturated heterocycles. The van der Waals surface area contributed by atoms with Crippen LogP contribution in [0.25, 0.3) is 5.95 Å². The Morgan fingerprint density at radius 3 is 2.53 bits per heavy atom. The van der Waals surface area contributed by atoms with Gasteiger partial charge in [-0.1, -0.05) is 24.9 Å². The fourth-order valence-electron chi connectivity index (χ4n) is 2.96. The van der Waals surface area contributed by atoms with Crippen LogP contribution in [0.1, 0.15) is 43.6 Å². The zero-order valence-electron chi connectivity index (χ0n) is 17.6. The van der Waals surface area contributed by atoms with Crippen molar-refractivity contribution in [1.82, 2.24) is 19.7 Å². The van der Waals surface area contributed by atoms with E-state index in [1.165, 1.54) is 4.68 Å². The summed E-state index contributed by atoms with van der Waals surface area (Å²) in [5.41, 5.74) is 2.73. The molecule has 2 aromatic heterocycles. The van der Waals surface area contributed by atoms with Gasteiger partial charge >= 0.3 is 5.56 Å². The Balaban J connectivity index is 1.99. The molecule has 1 N–H and O–H groups in total. The average molecular weight is 429 g/mol. The second-order valence-electron chi connectivity index (χ2n) is 6.83. The quantitative estimate of drug-likeness (QED) is 0.487. The number of nitrogens with one attached hydrogen (secondary N) is 1. The number of hydrogen-bond acceptors (Lipinski definition) is 6. The summed E-state index contributed by atoms with van der Waals surface area (Å²) in [4.78, 5) is 22.0. The molecule has 0 saturated carbocycles. The molecule has 0 unspecified atom stereocenters. The van der Waals surface area contributed by atoms with Gasteiger partial charge in [-0.25, -0.2) is 4.98 Å². The Hall–Kier alpha value is -3.00. The lowest BCUT2D eigenvalue weighted by molar-refractivity contribution is 0.320. The van der Waals surface area contributed by atoms with Crippen LogP contribution in [0.5, 0.6) is 5.88 Å². The first-order valence-corrected chi connectivity index (χ1v) is 10.3. The molecule has 9 heteroatoms. The highest BCUT2D eigenvalue weighted by Gasteiger charge is 2.18. The van der Waals surface area contributed by atoms with E-state index in [4.69, 9.17) is 16.3 Å². The van der Waals surface area contributed by atoms with Crippen LogP contribution < -0.4 is 10.3 Å². The third-order valence-corrected chi connectivity index (χ3v) is 4.81. The first kappa shape index (κ1) is 21.7. The van der Waals surface area contributed by atoms with Crippen molar-refractivity contribution in [2.75, 3.05) is 6.61 Å². The van der Waals surface area contributed by atoms with Crippen molar-refractivity contribution in [3.8, 4) is 11.8 Å². The van der Waals surface area contributed by atoms with Crippen LogP contribution in [0.4, 0.5) is 11.4 Å². The van der Waals surface area contributed by atoms with Gasteiger partial charge in [-0.3, -0.25) is 9.89 Å². The number of hydrogen-bond donors (Lipinski definition) is 1. The van der Waals surface area contributed by atoms with Gasteiger partial charge in [0.2, 0.25) is 5.88 Å². The summed E-state index contributed by atoms with van der Waals surface area (Å²) < 4.78 is 7.00. The Bertz CT molecular complexity index is 1100. The molecule has 0 fully saturated rings. The number of H-pyrrole nitrogens is 1. The summed E-state index contributed by atoms with van der Waals surface area (Å²) in [5, 5.41) is 11.8. The molecule has 0 aliphatic heterocycles. The summed E-state index contributed by atoms with van der Waals surface area (Å²) in [5.74, 6) is 0.731. The molecule has 30 heavy (non-hydrogen) atoms. The lowest BCUT2D eigenvalue weighted by atomic mass is 10.1. The van der Waals surface area contributed by atoms with E-state index < -0.39 is 0 Å². The van der Waals surface area contributed by atoms with Crippen LogP contribution in [-0.4, -0.2) is 26.4 Å². The molecule has 158 valence electrons. The van der Waals surface area contributed by atoms with Gasteiger partial charge in [0, 0.05) is 16.3 Å². The number of aromatic nitrogens is 4. The van der Waals surface area contributed by atoms with Crippen molar-refractivity contribution in [3.05, 3.63) is 56.6 Å². The van der Waals surface area contributed by atoms with Crippen molar-refractivity contribution in [1.29, 1.82) is 0 Å². The lowest BCUT2D eigenvalue weighted by Gasteiger charge is -2.13. The first-order valence-electron chi connectivity index (χ1n) is 9.94. The maximum absolute atomic E-state index is 12.9. The number of benzene rings is 1. The van der Waals surface area contributed by atoms with E-state index in [-0.39, 0.29) is 17.2 Å². The third-order valence-electron chi connectivity index (χ3n) is 4.56. The fraction of sp³-hybridized carbons (Fsp3) is 0.381. The lowest BCUT2D eigenvalue weighted by Crippen LogP contribution is -2.19. The molecule has 0 spiro atoms. The minimum Gasteiger partial charge on any atom is -0.478 e. The Morgan fingerprint density at radius 1 is 1.13 bits per heavy atom. The second kappa shape index (κ2) is 9.67. The van der Waals surface area contributed by atoms with Crippen LogP contribution in [-0.2, 0) is 6.42 Å². The molecule has 3 aromatic rings. The van der Waals surface area contributed by atoms with E-state index >= 15 is 0 Å². The van der Waals surface area contributed by atoms with E-state index in [1.807, 2.05) is 13.8 Å². The predicted molar refractivity (Wildman–Crippen MR) is 117 cm³/mol. The van der Waals surface area contributed by atoms with Gasteiger partial charge in [0.1, 0.15) is 0 Å². The molecule has 0 radical (unpaired) electrons. The Kier molecular flexibility index (Phi) is 6.99. The summed E-state index contributed by atoms with van der Waals surface area (Å²) in [6, 6.07) is 6.87. The molecule has 0 aliphatic rings. The van der Waals surface area contributed by atoms with Gasteiger partial charge in [0.25, 0.3) is 5.95 Å². The molecular weight excluding hydrogens is 404 g/mol. The molecule has 8 nitrogen and oxygen atoms in total. The van der Waals surface area contributed by atoms with Gasteiger partial charge in [-0.05, 0) is 57.9 Å². The molecule has 3 rings (SSSR count). The molecule has 0 atom stereocenters. The van der Waals surface area contributed by atoms with Crippen LogP contribution in [0.2, 0.25) is 5.02 Å². The number of nitrogens with zero attached hydrogens (tertiary/aromatic N) is 5. The fourth-order valence-corrected chi connectivity index (χ4v) is 3.09. The Labute approximate surface area is 180 Å². The van der Waals surface area contributed by atoms with Crippen LogP contribution in [0.15, 0.2) is 39.3 Å². The summed E-state index contributed by atoms with van der Waals surface area (Å²) in [6.07, 6.45) is 2.90. The van der Waals surface area contributed by atoms with Crippen molar-refractivity contribution < 1.29 is 4.74 Å². The van der Waals surface area contributed by atoms with Gasteiger partial charge < -0.3 is 4.74 Å². The van der Waals surface area contributed by atoms with E-state index in [0.29, 0.717) is 28.9 Å². The number of aromatic amines is 1. The van der Waals surface area contributed by atoms with E-state index in [2.05, 4.69) is 32.2 Å². The van der Waals surface area contributed by atoms with Crippen LogP contribution in [0, 0.1) is 13.8 Å². The van der Waals surface area contributed by atoms with Crippen LogP contribution in [0.3, 0.4) is 0 Å². The zero-order valence-corrected chi connectivity index (χ0v) is 18.3. The number of unbranched alkanes of at least 4 members (excludes halogenated alkanes) is 1. The number of ether oxygens (including phenoxy) is 1. The number of azo groups is 1. The molecule has 0 amide bonds. The highest BCUT2D eigenvalue weighted by atomic mass is 35.5.